The fourth-order valence-corrected chi connectivity index (χ4v) is 2.41. The first-order valence-corrected chi connectivity index (χ1v) is 6.93. The van der Waals surface area contributed by atoms with Crippen LogP contribution in [-0.2, 0) is 4.79 Å². The van der Waals surface area contributed by atoms with Gasteiger partial charge < -0.3 is 5.11 Å². The maximum Gasteiger partial charge on any atom is 0.453 e. The van der Waals surface area contributed by atoms with Gasteiger partial charge in [0.1, 0.15) is 0 Å². The molecule has 130 valence electrons. The van der Waals surface area contributed by atoms with Gasteiger partial charge in [-0.3, -0.25) is 29.4 Å². The molecule has 0 aliphatic carbocycles. The average molecular weight is 349 g/mol. The van der Waals surface area contributed by atoms with E-state index in [2.05, 4.69) is 15.2 Å². The van der Waals surface area contributed by atoms with Crippen LogP contribution in [0, 0.1) is 0 Å². The molecule has 3 rings (SSSR count). The Morgan fingerprint density at radius 3 is 2.44 bits per heavy atom. The van der Waals surface area contributed by atoms with Crippen molar-refractivity contribution in [2.75, 3.05) is 21.1 Å². The normalized spacial score (nSPS) is 20.6. The first-order chi connectivity index (χ1) is 11.7. The van der Waals surface area contributed by atoms with E-state index in [0.29, 0.717) is 0 Å². The standard InChI is InChI=1S/C12H12N8O5/c1-18-5-6(19(2)12(25)20(3)9(5)23)13-10(18)17-16-4-7(21)14-11(24)15-8(4)22/h5H,1-3H3,(H2,14,15,21,22,24)/p+1. The molecule has 2 aliphatic rings. The molecular formula is C12H13N8O5+. The van der Waals surface area contributed by atoms with Gasteiger partial charge in [-0.2, -0.15) is 0 Å². The number of hydrogen-bond acceptors (Lipinski definition) is 8. The van der Waals surface area contributed by atoms with Gasteiger partial charge in [0.15, 0.2) is 0 Å². The zero-order valence-electron chi connectivity index (χ0n) is 13.3. The minimum Gasteiger partial charge on any atom is -0.493 e. The fraction of sp³-hybridized carbons (Fsp3) is 0.333. The van der Waals surface area contributed by atoms with E-state index < -0.39 is 40.8 Å². The first-order valence-electron chi connectivity index (χ1n) is 6.93. The van der Waals surface area contributed by atoms with E-state index in [-0.39, 0.29) is 11.8 Å². The third-order valence-electron chi connectivity index (χ3n) is 3.78. The monoisotopic (exact) mass is 349 g/mol. The van der Waals surface area contributed by atoms with Gasteiger partial charge in [-0.25, -0.2) is 14.2 Å². The van der Waals surface area contributed by atoms with E-state index in [1.807, 2.05) is 9.97 Å². The van der Waals surface area contributed by atoms with E-state index in [4.69, 9.17) is 0 Å². The van der Waals surface area contributed by atoms with Crippen molar-refractivity contribution in [3.63, 3.8) is 0 Å². The van der Waals surface area contributed by atoms with Crippen molar-refractivity contribution in [2.45, 2.75) is 6.04 Å². The van der Waals surface area contributed by atoms with Crippen LogP contribution in [0.15, 0.2) is 24.8 Å². The van der Waals surface area contributed by atoms with Crippen molar-refractivity contribution in [3.05, 3.63) is 20.8 Å². The molecule has 0 saturated carbocycles. The summed E-state index contributed by atoms with van der Waals surface area (Å²) < 4.78 is 1.37. The average Bonchev–Trinajstić information content (AvgIpc) is 2.87. The van der Waals surface area contributed by atoms with Crippen LogP contribution in [0.5, 0.6) is 5.88 Å². The lowest BCUT2D eigenvalue weighted by Gasteiger charge is -2.30. The Balaban J connectivity index is 2.02. The number of aromatic amines is 2. The second-order valence-electron chi connectivity index (χ2n) is 5.33. The highest BCUT2D eigenvalue weighted by molar-refractivity contribution is 6.22. The van der Waals surface area contributed by atoms with Crippen LogP contribution in [-0.4, -0.2) is 80.4 Å². The van der Waals surface area contributed by atoms with E-state index in [9.17, 15) is 24.3 Å². The van der Waals surface area contributed by atoms with Crippen LogP contribution in [0.4, 0.5) is 10.5 Å². The lowest BCUT2D eigenvalue weighted by atomic mass is 10.2. The molecule has 1 fully saturated rings. The zero-order valence-corrected chi connectivity index (χ0v) is 13.3. The minimum atomic E-state index is -0.945. The maximum absolute atomic E-state index is 12.3. The summed E-state index contributed by atoms with van der Waals surface area (Å²) in [7, 11) is 4.33. The van der Waals surface area contributed by atoms with Gasteiger partial charge in [0.2, 0.25) is 23.4 Å². The third-order valence-corrected chi connectivity index (χ3v) is 3.78. The quantitative estimate of drug-likeness (QED) is 0.399. The number of aromatic hydroxyl groups is 1. The highest BCUT2D eigenvalue weighted by Crippen LogP contribution is 2.20. The number of imide groups is 1. The Morgan fingerprint density at radius 2 is 1.80 bits per heavy atom. The molecule has 0 bridgehead atoms. The van der Waals surface area contributed by atoms with Crippen LogP contribution in [0.2, 0.25) is 0 Å². The number of likely N-dealkylation sites (N-methyl/N-ethyl adjacent to an activating group) is 3. The summed E-state index contributed by atoms with van der Waals surface area (Å²) >= 11 is 0. The van der Waals surface area contributed by atoms with Crippen LogP contribution >= 0.6 is 0 Å². The van der Waals surface area contributed by atoms with Crippen molar-refractivity contribution in [3.8, 4) is 5.88 Å². The van der Waals surface area contributed by atoms with Crippen LogP contribution < -0.4 is 11.2 Å². The van der Waals surface area contributed by atoms with Crippen molar-refractivity contribution in [2.24, 2.45) is 15.2 Å². The summed E-state index contributed by atoms with van der Waals surface area (Å²) in [6, 6.07) is -1.40. The Bertz CT molecular complexity index is 999. The van der Waals surface area contributed by atoms with Crippen molar-refractivity contribution in [1.82, 2.24) is 19.8 Å². The number of H-pyrrole nitrogens is 2. The molecule has 1 unspecified atom stereocenters. The Hall–Kier alpha value is -3.64. The molecule has 0 radical (unpaired) electrons. The van der Waals surface area contributed by atoms with Gasteiger partial charge in [0.25, 0.3) is 11.5 Å². The van der Waals surface area contributed by atoms with E-state index >= 15 is 0 Å². The van der Waals surface area contributed by atoms with Crippen LogP contribution in [0.25, 0.3) is 0 Å². The second-order valence-corrected chi connectivity index (χ2v) is 5.33. The molecule has 3 amide bonds. The molecular weight excluding hydrogens is 336 g/mol. The molecule has 2 aliphatic heterocycles. The van der Waals surface area contributed by atoms with Crippen LogP contribution in [0.1, 0.15) is 0 Å². The summed E-state index contributed by atoms with van der Waals surface area (Å²) in [6.07, 6.45) is 0. The van der Waals surface area contributed by atoms with Gasteiger partial charge in [-0.15, -0.1) is 0 Å². The minimum absolute atomic E-state index is 0.0479. The molecule has 3 heterocycles. The van der Waals surface area contributed by atoms with Gasteiger partial charge in [0.05, 0.1) is 7.05 Å². The number of aromatic nitrogens is 2. The van der Waals surface area contributed by atoms with Crippen LogP contribution in [0.3, 0.4) is 0 Å². The molecule has 1 saturated heterocycles. The number of amidine groups is 1. The third kappa shape index (κ3) is 2.41. The predicted octanol–water partition coefficient (Wildman–Crippen LogP) is -1.84. The summed E-state index contributed by atoms with van der Waals surface area (Å²) in [5.74, 6) is -1.12. The number of azo groups is 1. The van der Waals surface area contributed by atoms with Gasteiger partial charge in [0, 0.05) is 19.2 Å². The smallest absolute Gasteiger partial charge is 0.453 e. The number of carbonyl (C=O) groups is 2. The predicted molar refractivity (Wildman–Crippen MR) is 82.2 cm³/mol. The highest BCUT2D eigenvalue weighted by Gasteiger charge is 2.50. The number of guanidine groups is 1. The number of urea groups is 1. The van der Waals surface area contributed by atoms with Crippen molar-refractivity contribution < 1.29 is 19.3 Å². The molecule has 1 aromatic heterocycles. The Morgan fingerprint density at radius 1 is 1.12 bits per heavy atom. The summed E-state index contributed by atoms with van der Waals surface area (Å²) in [5.41, 5.74) is -2.37. The zero-order chi connectivity index (χ0) is 18.5. The number of carbonyl (C=O) groups excluding carboxylic acids is 2. The number of rotatable bonds is 1. The molecule has 13 heteroatoms. The second kappa shape index (κ2) is 5.47. The fourth-order valence-electron chi connectivity index (χ4n) is 2.41. The summed E-state index contributed by atoms with van der Waals surface area (Å²) in [6.45, 7) is 0. The first kappa shape index (κ1) is 16.2. The highest BCUT2D eigenvalue weighted by atomic mass is 16.3. The number of aliphatic imine (C=N–C) groups is 1. The molecule has 0 aromatic carbocycles. The Kier molecular flexibility index (Phi) is 3.55. The number of nitrogens with zero attached hydrogens (tertiary/aromatic N) is 6. The van der Waals surface area contributed by atoms with Gasteiger partial charge in [-0.05, 0) is 4.99 Å². The number of hydrogen-bond donors (Lipinski definition) is 3. The number of amides is 3. The number of nitrogens with one attached hydrogen (secondary N) is 2. The maximum atomic E-state index is 12.3. The number of fused-ring (bicyclic) bond motifs is 1. The lowest BCUT2D eigenvalue weighted by Crippen LogP contribution is -2.61. The molecule has 0 spiro atoms. The molecule has 1 atom stereocenters. The van der Waals surface area contributed by atoms with E-state index in [0.717, 1.165) is 4.90 Å². The topological polar surface area (TPSA) is 167 Å². The Labute approximate surface area is 138 Å². The van der Waals surface area contributed by atoms with E-state index in [1.165, 1.54) is 30.6 Å². The molecule has 25 heavy (non-hydrogen) atoms. The van der Waals surface area contributed by atoms with Crippen molar-refractivity contribution in [1.29, 1.82) is 0 Å². The molecule has 1 aromatic rings. The van der Waals surface area contributed by atoms with Gasteiger partial charge in [-0.1, -0.05) is 5.11 Å². The van der Waals surface area contributed by atoms with E-state index in [1.54, 1.807) is 0 Å². The molecule has 13 nitrogen and oxygen atoms in total. The lowest BCUT2D eigenvalue weighted by molar-refractivity contribution is -0.506. The van der Waals surface area contributed by atoms with Crippen molar-refractivity contribution >= 4 is 29.4 Å². The summed E-state index contributed by atoms with van der Waals surface area (Å²) in [5, 5.41) is 16.9. The summed E-state index contributed by atoms with van der Waals surface area (Å²) in [4.78, 5) is 57.0. The molecule has 3 N–H and O–H groups in total. The SMILES string of the molecule is CN1C(=O)C2C(=NC(N=Nc3c(O)[nH]c(=O)[nH]c3=O)=[N+]2C)N(C)C1=O. The largest absolute Gasteiger partial charge is 0.493 e. The van der Waals surface area contributed by atoms with Gasteiger partial charge >= 0.3 is 17.7 Å².